The molecular weight excluding hydrogens is 229 g/mol. The fourth-order valence-electron chi connectivity index (χ4n) is 2.15. The van der Waals surface area contributed by atoms with Gasteiger partial charge < -0.3 is 5.73 Å². The monoisotopic (exact) mass is 245 g/mol. The van der Waals surface area contributed by atoms with Crippen molar-refractivity contribution in [2.75, 3.05) is 0 Å². The Morgan fingerprint density at radius 1 is 1.22 bits per heavy atom. The normalized spacial score (nSPS) is 16.2. The van der Waals surface area contributed by atoms with Gasteiger partial charge in [-0.05, 0) is 11.5 Å². The van der Waals surface area contributed by atoms with Crippen molar-refractivity contribution >= 4 is 17.2 Å². The van der Waals surface area contributed by atoms with Crippen LogP contribution in [0.1, 0.15) is 26.3 Å². The number of nitrogens with one attached hydrogen (secondary N) is 1. The lowest BCUT2D eigenvalue weighted by molar-refractivity contribution is 0.526. The van der Waals surface area contributed by atoms with Crippen LogP contribution in [0.2, 0.25) is 0 Å². The van der Waals surface area contributed by atoms with Crippen LogP contribution in [0.3, 0.4) is 0 Å². The summed E-state index contributed by atoms with van der Waals surface area (Å²) in [6.45, 7) is 5.89. The van der Waals surface area contributed by atoms with Crippen molar-refractivity contribution in [3.63, 3.8) is 0 Å². The molecule has 0 radical (unpaired) electrons. The first-order chi connectivity index (χ1) is 8.32. The Morgan fingerprint density at radius 3 is 2.39 bits per heavy atom. The summed E-state index contributed by atoms with van der Waals surface area (Å²) in [6, 6.07) is 6.43. The van der Waals surface area contributed by atoms with E-state index in [-0.39, 0.29) is 22.9 Å². The lowest BCUT2D eigenvalue weighted by Gasteiger charge is -2.22. The van der Waals surface area contributed by atoms with E-state index in [0.29, 0.717) is 16.7 Å². The predicted octanol–water partition coefficient (Wildman–Crippen LogP) is 2.97. The largest absolute Gasteiger partial charge is 0.383 e. The van der Waals surface area contributed by atoms with E-state index >= 15 is 0 Å². The van der Waals surface area contributed by atoms with Crippen LogP contribution in [-0.2, 0) is 0 Å². The van der Waals surface area contributed by atoms with E-state index in [1.807, 2.05) is 20.8 Å². The minimum Gasteiger partial charge on any atom is -0.383 e. The summed E-state index contributed by atoms with van der Waals surface area (Å²) in [5.41, 5.74) is 7.18. The van der Waals surface area contributed by atoms with Gasteiger partial charge in [0.15, 0.2) is 5.84 Å². The second kappa shape index (κ2) is 4.05. The van der Waals surface area contributed by atoms with Crippen LogP contribution in [0.5, 0.6) is 0 Å². The van der Waals surface area contributed by atoms with Gasteiger partial charge in [-0.1, -0.05) is 39.0 Å². The van der Waals surface area contributed by atoms with Gasteiger partial charge in [0, 0.05) is 16.7 Å². The summed E-state index contributed by atoms with van der Waals surface area (Å²) >= 11 is 0. The molecule has 0 saturated heterocycles. The number of amidine groups is 2. The third kappa shape index (κ3) is 1.94. The molecule has 1 aliphatic heterocycles. The lowest BCUT2D eigenvalue weighted by Crippen LogP contribution is -2.18. The number of aliphatic imine (C=N–C) groups is 1. The van der Waals surface area contributed by atoms with Gasteiger partial charge in [-0.15, -0.1) is 0 Å². The summed E-state index contributed by atoms with van der Waals surface area (Å²) in [4.78, 5) is 3.97. The quantitative estimate of drug-likeness (QED) is 0.785. The van der Waals surface area contributed by atoms with Crippen LogP contribution in [0.25, 0.3) is 5.57 Å². The second-order valence-corrected chi connectivity index (χ2v) is 5.33. The average molecular weight is 245 g/mol. The predicted molar refractivity (Wildman–Crippen MR) is 72.1 cm³/mol. The third-order valence-corrected chi connectivity index (χ3v) is 2.87. The maximum atomic E-state index is 13.9. The van der Waals surface area contributed by atoms with Crippen molar-refractivity contribution in [2.24, 2.45) is 16.1 Å². The van der Waals surface area contributed by atoms with Crippen molar-refractivity contribution in [3.8, 4) is 0 Å². The molecule has 1 aromatic rings. The zero-order chi connectivity index (χ0) is 13.5. The van der Waals surface area contributed by atoms with Crippen LogP contribution in [-0.4, -0.2) is 11.7 Å². The van der Waals surface area contributed by atoms with E-state index < -0.39 is 0 Å². The highest BCUT2D eigenvalue weighted by Gasteiger charge is 2.32. The number of nitrogens with zero attached hydrogens (tertiary/aromatic N) is 1. The van der Waals surface area contributed by atoms with Crippen molar-refractivity contribution in [3.05, 3.63) is 41.2 Å². The van der Waals surface area contributed by atoms with Gasteiger partial charge in [0.1, 0.15) is 11.7 Å². The third-order valence-electron chi connectivity index (χ3n) is 2.87. The van der Waals surface area contributed by atoms with Crippen LogP contribution < -0.4 is 5.73 Å². The first-order valence-electron chi connectivity index (χ1n) is 5.75. The maximum absolute atomic E-state index is 13.9. The molecule has 0 aromatic heterocycles. The van der Waals surface area contributed by atoms with Gasteiger partial charge in [0.05, 0.1) is 0 Å². The summed E-state index contributed by atoms with van der Waals surface area (Å²) in [7, 11) is 0. The topological polar surface area (TPSA) is 62.2 Å². The van der Waals surface area contributed by atoms with E-state index in [9.17, 15) is 4.39 Å². The molecule has 4 heteroatoms. The van der Waals surface area contributed by atoms with Crippen molar-refractivity contribution < 1.29 is 4.39 Å². The molecule has 3 nitrogen and oxygen atoms in total. The molecule has 0 aliphatic carbocycles. The van der Waals surface area contributed by atoms with Crippen LogP contribution in [0, 0.1) is 16.6 Å². The number of nitrogens with two attached hydrogens (primary N) is 1. The van der Waals surface area contributed by atoms with Gasteiger partial charge in [0.25, 0.3) is 0 Å². The van der Waals surface area contributed by atoms with Crippen molar-refractivity contribution in [1.82, 2.24) is 0 Å². The average Bonchev–Trinajstić information content (AvgIpc) is 2.53. The minimum absolute atomic E-state index is 0.123. The standard InChI is InChI=1S/C14H16FN3/c1-14(2,3)11-10(12(16)18-13(11)17)8-6-4-5-7-9(8)15/h4-7H,1-3H3,(H3,16,17,18). The van der Waals surface area contributed by atoms with Crippen LogP contribution >= 0.6 is 0 Å². The lowest BCUT2D eigenvalue weighted by atomic mass is 9.81. The molecule has 1 aliphatic rings. The number of benzene rings is 1. The van der Waals surface area contributed by atoms with E-state index in [1.54, 1.807) is 18.2 Å². The first kappa shape index (κ1) is 12.5. The molecule has 1 heterocycles. The van der Waals surface area contributed by atoms with E-state index in [1.165, 1.54) is 6.07 Å². The Bertz CT molecular complexity index is 577. The Morgan fingerprint density at radius 2 is 1.83 bits per heavy atom. The number of hydrogen-bond acceptors (Lipinski definition) is 2. The Labute approximate surface area is 106 Å². The molecule has 0 fully saturated rings. The Hall–Kier alpha value is -1.97. The van der Waals surface area contributed by atoms with Crippen LogP contribution in [0.4, 0.5) is 4.39 Å². The molecule has 0 spiro atoms. The molecule has 0 bridgehead atoms. The maximum Gasteiger partial charge on any atom is 0.151 e. The second-order valence-electron chi connectivity index (χ2n) is 5.33. The molecule has 0 amide bonds. The van der Waals surface area contributed by atoms with E-state index in [2.05, 4.69) is 4.99 Å². The van der Waals surface area contributed by atoms with Gasteiger partial charge in [0.2, 0.25) is 0 Å². The fraction of sp³-hybridized carbons (Fsp3) is 0.286. The summed E-state index contributed by atoms with van der Waals surface area (Å²) in [5.74, 6) is -0.00428. The molecule has 0 unspecified atom stereocenters. The number of hydrogen-bond donors (Lipinski definition) is 2. The van der Waals surface area contributed by atoms with Gasteiger partial charge in [-0.25, -0.2) is 9.38 Å². The fourth-order valence-corrected chi connectivity index (χ4v) is 2.15. The smallest absolute Gasteiger partial charge is 0.151 e. The van der Waals surface area contributed by atoms with E-state index in [0.717, 1.165) is 0 Å². The summed E-state index contributed by atoms with van der Waals surface area (Å²) in [6.07, 6.45) is 0. The van der Waals surface area contributed by atoms with Crippen LogP contribution in [0.15, 0.2) is 34.8 Å². The molecule has 3 N–H and O–H groups in total. The first-order valence-corrected chi connectivity index (χ1v) is 5.75. The van der Waals surface area contributed by atoms with Crippen molar-refractivity contribution in [2.45, 2.75) is 20.8 Å². The molecule has 0 atom stereocenters. The highest BCUT2D eigenvalue weighted by atomic mass is 19.1. The number of rotatable bonds is 1. The highest BCUT2D eigenvalue weighted by Crippen LogP contribution is 2.37. The molecule has 18 heavy (non-hydrogen) atoms. The summed E-state index contributed by atoms with van der Waals surface area (Å²) in [5, 5.41) is 7.89. The molecular formula is C14H16FN3. The molecule has 0 saturated carbocycles. The highest BCUT2D eigenvalue weighted by molar-refractivity contribution is 6.36. The Balaban J connectivity index is 2.72. The molecule has 2 rings (SSSR count). The molecule has 1 aromatic carbocycles. The zero-order valence-corrected chi connectivity index (χ0v) is 10.7. The van der Waals surface area contributed by atoms with E-state index in [4.69, 9.17) is 11.1 Å². The zero-order valence-electron chi connectivity index (χ0n) is 10.7. The Kier molecular flexibility index (Phi) is 2.81. The molecule has 94 valence electrons. The number of halogens is 1. The van der Waals surface area contributed by atoms with Gasteiger partial charge in [-0.2, -0.15) is 0 Å². The van der Waals surface area contributed by atoms with Crippen molar-refractivity contribution in [1.29, 1.82) is 5.41 Å². The SMILES string of the molecule is CC(C)(C)C1=C(c2ccccc2F)C(N)=NC1=N. The van der Waals surface area contributed by atoms with Gasteiger partial charge in [-0.3, -0.25) is 5.41 Å². The summed E-state index contributed by atoms with van der Waals surface area (Å²) < 4.78 is 13.9. The minimum atomic E-state index is -0.345. The van der Waals surface area contributed by atoms with Gasteiger partial charge >= 0.3 is 0 Å².